The van der Waals surface area contributed by atoms with E-state index in [1.807, 2.05) is 24.7 Å². The van der Waals surface area contributed by atoms with E-state index in [1.165, 1.54) is 0 Å². The number of nitrogens with two attached hydrogens (primary N) is 1. The van der Waals surface area contributed by atoms with Crippen molar-refractivity contribution in [1.82, 2.24) is 19.4 Å². The quantitative estimate of drug-likeness (QED) is 0.890. The van der Waals surface area contributed by atoms with Gasteiger partial charge in [-0.15, -0.1) is 0 Å². The molecular formula is C14H21N5. The molecule has 5 heteroatoms. The summed E-state index contributed by atoms with van der Waals surface area (Å²) < 4.78 is 2.14. The minimum absolute atomic E-state index is 0.536. The van der Waals surface area contributed by atoms with Crippen LogP contribution in [0.4, 0.5) is 5.82 Å². The van der Waals surface area contributed by atoms with E-state index in [4.69, 9.17) is 5.73 Å². The molecule has 5 nitrogen and oxygen atoms in total. The number of hydrogen-bond donors (Lipinski definition) is 1. The topological polar surface area (TPSA) is 60.0 Å². The summed E-state index contributed by atoms with van der Waals surface area (Å²) in [6.07, 6.45) is 5.51. The average Bonchev–Trinajstić information content (AvgIpc) is 2.85. The van der Waals surface area contributed by atoms with E-state index in [0.29, 0.717) is 11.9 Å². The molecule has 0 aliphatic rings. The number of pyridine rings is 1. The lowest BCUT2D eigenvalue weighted by Crippen LogP contribution is -2.29. The van der Waals surface area contributed by atoms with E-state index < -0.39 is 0 Å². The van der Waals surface area contributed by atoms with Crippen molar-refractivity contribution in [2.45, 2.75) is 26.4 Å². The predicted octanol–water partition coefficient (Wildman–Crippen LogP) is 1.87. The largest absolute Gasteiger partial charge is 0.384 e. The predicted molar refractivity (Wildman–Crippen MR) is 77.6 cm³/mol. The van der Waals surface area contributed by atoms with Gasteiger partial charge in [0.25, 0.3) is 0 Å². The third-order valence-electron chi connectivity index (χ3n) is 3.37. The molecule has 19 heavy (non-hydrogen) atoms. The van der Waals surface area contributed by atoms with Crippen LogP contribution in [0.3, 0.4) is 0 Å². The lowest BCUT2D eigenvalue weighted by Gasteiger charge is -2.21. The highest BCUT2D eigenvalue weighted by molar-refractivity contribution is 5.59. The van der Waals surface area contributed by atoms with Crippen LogP contribution in [0.25, 0.3) is 11.3 Å². The Bertz CT molecular complexity index is 515. The number of nitrogens with zero attached hydrogens (tertiary/aromatic N) is 4. The molecule has 0 unspecified atom stereocenters. The molecule has 2 heterocycles. The minimum Gasteiger partial charge on any atom is -0.384 e. The Balaban J connectivity index is 2.11. The summed E-state index contributed by atoms with van der Waals surface area (Å²) in [5.41, 5.74) is 7.72. The first-order valence-corrected chi connectivity index (χ1v) is 6.50. The monoisotopic (exact) mass is 259 g/mol. The summed E-state index contributed by atoms with van der Waals surface area (Å²) in [6.45, 7) is 6.29. The highest BCUT2D eigenvalue weighted by atomic mass is 15.2. The maximum atomic E-state index is 5.61. The Morgan fingerprint density at radius 3 is 2.74 bits per heavy atom. The standard InChI is InChI=1S/C14H21N5/c1-11(2)18(3)6-7-19-10-16-9-13(19)12-4-5-14(15)17-8-12/h4-5,8-11H,6-7H2,1-3H3,(H2,15,17). The van der Waals surface area contributed by atoms with Crippen molar-refractivity contribution in [3.05, 3.63) is 30.9 Å². The molecule has 0 aliphatic heterocycles. The third-order valence-corrected chi connectivity index (χ3v) is 3.37. The Hall–Kier alpha value is -1.88. The van der Waals surface area contributed by atoms with E-state index in [2.05, 4.69) is 40.3 Å². The van der Waals surface area contributed by atoms with Gasteiger partial charge < -0.3 is 15.2 Å². The van der Waals surface area contributed by atoms with Crippen molar-refractivity contribution in [2.24, 2.45) is 0 Å². The smallest absolute Gasteiger partial charge is 0.123 e. The number of imidazole rings is 1. The molecule has 0 fully saturated rings. The number of rotatable bonds is 5. The first-order valence-electron chi connectivity index (χ1n) is 6.50. The summed E-state index contributed by atoms with van der Waals surface area (Å²) in [5.74, 6) is 0.536. The molecule has 0 saturated heterocycles. The molecule has 0 atom stereocenters. The molecule has 0 bridgehead atoms. The first-order chi connectivity index (χ1) is 9.08. The van der Waals surface area contributed by atoms with Gasteiger partial charge in [0.2, 0.25) is 0 Å². The van der Waals surface area contributed by atoms with Gasteiger partial charge in [-0.2, -0.15) is 0 Å². The van der Waals surface area contributed by atoms with Crippen molar-refractivity contribution in [3.8, 4) is 11.3 Å². The van der Waals surface area contributed by atoms with Crippen LogP contribution in [-0.2, 0) is 6.54 Å². The zero-order valence-electron chi connectivity index (χ0n) is 11.7. The molecular weight excluding hydrogens is 238 g/mol. The molecule has 0 aromatic carbocycles. The van der Waals surface area contributed by atoms with Gasteiger partial charge >= 0.3 is 0 Å². The molecule has 2 N–H and O–H groups in total. The number of hydrogen-bond acceptors (Lipinski definition) is 4. The Labute approximate surface area is 114 Å². The van der Waals surface area contributed by atoms with Gasteiger partial charge in [-0.05, 0) is 33.0 Å². The van der Waals surface area contributed by atoms with E-state index in [-0.39, 0.29) is 0 Å². The molecule has 102 valence electrons. The van der Waals surface area contributed by atoms with Crippen LogP contribution in [0.5, 0.6) is 0 Å². The number of nitrogen functional groups attached to an aromatic ring is 1. The molecule has 0 amide bonds. The van der Waals surface area contributed by atoms with Crippen LogP contribution < -0.4 is 5.73 Å². The summed E-state index contributed by atoms with van der Waals surface area (Å²) in [6, 6.07) is 4.33. The summed E-state index contributed by atoms with van der Waals surface area (Å²) >= 11 is 0. The van der Waals surface area contributed by atoms with Crippen LogP contribution in [0.15, 0.2) is 30.9 Å². The van der Waals surface area contributed by atoms with E-state index >= 15 is 0 Å². The highest BCUT2D eigenvalue weighted by Crippen LogP contribution is 2.18. The summed E-state index contributed by atoms with van der Waals surface area (Å²) in [7, 11) is 2.13. The van der Waals surface area contributed by atoms with E-state index in [1.54, 1.807) is 6.20 Å². The van der Waals surface area contributed by atoms with Gasteiger partial charge in [-0.1, -0.05) is 0 Å². The number of aromatic nitrogens is 3. The fourth-order valence-corrected chi connectivity index (χ4v) is 1.82. The van der Waals surface area contributed by atoms with Crippen molar-refractivity contribution >= 4 is 5.82 Å². The zero-order chi connectivity index (χ0) is 13.8. The van der Waals surface area contributed by atoms with E-state index in [9.17, 15) is 0 Å². The van der Waals surface area contributed by atoms with Crippen LogP contribution in [-0.4, -0.2) is 39.1 Å². The lowest BCUT2D eigenvalue weighted by molar-refractivity contribution is 0.263. The first kappa shape index (κ1) is 13.5. The van der Waals surface area contributed by atoms with Crippen LogP contribution >= 0.6 is 0 Å². The van der Waals surface area contributed by atoms with Crippen molar-refractivity contribution in [1.29, 1.82) is 0 Å². The van der Waals surface area contributed by atoms with E-state index in [0.717, 1.165) is 24.3 Å². The van der Waals surface area contributed by atoms with Gasteiger partial charge in [-0.3, -0.25) is 0 Å². The second-order valence-electron chi connectivity index (χ2n) is 5.02. The zero-order valence-corrected chi connectivity index (χ0v) is 11.7. The highest BCUT2D eigenvalue weighted by Gasteiger charge is 2.08. The molecule has 2 aromatic heterocycles. The van der Waals surface area contributed by atoms with Crippen molar-refractivity contribution < 1.29 is 0 Å². The molecule has 2 rings (SSSR count). The second kappa shape index (κ2) is 5.84. The SMILES string of the molecule is CC(C)N(C)CCn1cncc1-c1ccc(N)nc1. The minimum atomic E-state index is 0.536. The molecule has 0 saturated carbocycles. The van der Waals surface area contributed by atoms with Crippen molar-refractivity contribution in [3.63, 3.8) is 0 Å². The van der Waals surface area contributed by atoms with Crippen LogP contribution in [0.2, 0.25) is 0 Å². The number of likely N-dealkylation sites (N-methyl/N-ethyl adjacent to an activating group) is 1. The Kier molecular flexibility index (Phi) is 4.16. The van der Waals surface area contributed by atoms with Gasteiger partial charge in [-0.25, -0.2) is 9.97 Å². The second-order valence-corrected chi connectivity index (χ2v) is 5.02. The fraction of sp³-hybridized carbons (Fsp3) is 0.429. The molecule has 2 aromatic rings. The molecule has 0 aliphatic carbocycles. The normalized spacial score (nSPS) is 11.4. The summed E-state index contributed by atoms with van der Waals surface area (Å²) in [5, 5.41) is 0. The molecule has 0 spiro atoms. The Morgan fingerprint density at radius 2 is 2.11 bits per heavy atom. The maximum absolute atomic E-state index is 5.61. The third kappa shape index (κ3) is 3.32. The lowest BCUT2D eigenvalue weighted by atomic mass is 10.2. The van der Waals surface area contributed by atoms with Gasteiger partial charge in [0, 0.05) is 30.9 Å². The molecule has 0 radical (unpaired) electrons. The van der Waals surface area contributed by atoms with Gasteiger partial charge in [0.15, 0.2) is 0 Å². The van der Waals surface area contributed by atoms with Gasteiger partial charge in [0.05, 0.1) is 18.2 Å². The van der Waals surface area contributed by atoms with Crippen LogP contribution in [0, 0.1) is 0 Å². The number of anilines is 1. The maximum Gasteiger partial charge on any atom is 0.123 e. The fourth-order valence-electron chi connectivity index (χ4n) is 1.82. The van der Waals surface area contributed by atoms with Gasteiger partial charge in [0.1, 0.15) is 5.82 Å². The van der Waals surface area contributed by atoms with Crippen LogP contribution in [0.1, 0.15) is 13.8 Å². The average molecular weight is 259 g/mol. The summed E-state index contributed by atoms with van der Waals surface area (Å²) in [4.78, 5) is 10.7. The van der Waals surface area contributed by atoms with Crippen molar-refractivity contribution in [2.75, 3.05) is 19.3 Å². The Morgan fingerprint density at radius 1 is 1.32 bits per heavy atom.